The standard InChI is InChI=1S/C16H21N7O3.ClH/c24-16(14-11-22(21-20-14)12-5-7-17-8-6-12)19-10-9-18-13-3-1-2-4-15(13)23(25)26;/h1-4,11-12,17-18H,5-10H2,(H,19,24);1H. The van der Waals surface area contributed by atoms with E-state index in [9.17, 15) is 14.9 Å². The largest absolute Gasteiger partial charge is 0.378 e. The van der Waals surface area contributed by atoms with E-state index in [4.69, 9.17) is 0 Å². The number of aromatic nitrogens is 3. The number of nitrogens with zero attached hydrogens (tertiary/aromatic N) is 4. The van der Waals surface area contributed by atoms with Crippen LogP contribution in [0.25, 0.3) is 0 Å². The molecule has 3 rings (SSSR count). The van der Waals surface area contributed by atoms with Gasteiger partial charge in [0.05, 0.1) is 17.2 Å². The average Bonchev–Trinajstić information content (AvgIpc) is 3.16. The number of para-hydroxylation sites is 2. The number of nitrogens with one attached hydrogen (secondary N) is 3. The molecule has 0 atom stereocenters. The molecule has 1 saturated heterocycles. The molecule has 2 aromatic rings. The molecule has 3 N–H and O–H groups in total. The Morgan fingerprint density at radius 3 is 2.78 bits per heavy atom. The summed E-state index contributed by atoms with van der Waals surface area (Å²) in [7, 11) is 0. The van der Waals surface area contributed by atoms with Gasteiger partial charge in [-0.2, -0.15) is 0 Å². The summed E-state index contributed by atoms with van der Waals surface area (Å²) in [5.74, 6) is -0.311. The molecule has 10 nitrogen and oxygen atoms in total. The quantitative estimate of drug-likeness (QED) is 0.367. The third-order valence-corrected chi connectivity index (χ3v) is 4.25. The van der Waals surface area contributed by atoms with E-state index in [1.165, 1.54) is 6.07 Å². The second kappa shape index (κ2) is 9.83. The van der Waals surface area contributed by atoms with Crippen molar-refractivity contribution in [1.82, 2.24) is 25.6 Å². The van der Waals surface area contributed by atoms with E-state index in [0.717, 1.165) is 25.9 Å². The molecule has 0 aliphatic carbocycles. The average molecular weight is 396 g/mol. The van der Waals surface area contributed by atoms with E-state index in [2.05, 4.69) is 26.3 Å². The number of benzene rings is 1. The van der Waals surface area contributed by atoms with Crippen molar-refractivity contribution in [2.75, 3.05) is 31.5 Å². The van der Waals surface area contributed by atoms with Gasteiger partial charge in [-0.15, -0.1) is 17.5 Å². The Labute approximate surface area is 162 Å². The Balaban J connectivity index is 0.00000261. The normalized spacial score (nSPS) is 14.2. The van der Waals surface area contributed by atoms with Crippen LogP contribution in [0.2, 0.25) is 0 Å². The summed E-state index contributed by atoms with van der Waals surface area (Å²) in [4.78, 5) is 22.7. The Kier molecular flexibility index (Phi) is 7.50. The second-order valence-electron chi connectivity index (χ2n) is 6.02. The topological polar surface area (TPSA) is 127 Å². The fourth-order valence-electron chi connectivity index (χ4n) is 2.88. The monoisotopic (exact) mass is 395 g/mol. The van der Waals surface area contributed by atoms with Crippen molar-refractivity contribution in [3.63, 3.8) is 0 Å². The minimum atomic E-state index is -0.444. The molecule has 11 heteroatoms. The van der Waals surface area contributed by atoms with Gasteiger partial charge in [0.1, 0.15) is 5.69 Å². The van der Waals surface area contributed by atoms with Gasteiger partial charge in [0, 0.05) is 19.2 Å². The van der Waals surface area contributed by atoms with Crippen LogP contribution in [-0.4, -0.2) is 52.0 Å². The lowest BCUT2D eigenvalue weighted by molar-refractivity contribution is -0.384. The zero-order valence-electron chi connectivity index (χ0n) is 14.6. The third-order valence-electron chi connectivity index (χ3n) is 4.25. The first-order valence-electron chi connectivity index (χ1n) is 8.53. The minimum absolute atomic E-state index is 0. The Bertz CT molecular complexity index is 777. The number of hydrogen-bond acceptors (Lipinski definition) is 7. The lowest BCUT2D eigenvalue weighted by Crippen LogP contribution is -2.30. The fraction of sp³-hybridized carbons (Fsp3) is 0.438. The molecule has 1 aliphatic rings. The highest BCUT2D eigenvalue weighted by molar-refractivity contribution is 5.91. The summed E-state index contributed by atoms with van der Waals surface area (Å²) in [5.41, 5.74) is 0.696. The number of amides is 1. The van der Waals surface area contributed by atoms with Crippen LogP contribution >= 0.6 is 12.4 Å². The third kappa shape index (κ3) is 5.38. The molecular weight excluding hydrogens is 374 g/mol. The predicted octanol–water partition coefficient (Wildman–Crippen LogP) is 1.37. The van der Waals surface area contributed by atoms with Crippen molar-refractivity contribution in [1.29, 1.82) is 0 Å². The highest BCUT2D eigenvalue weighted by Crippen LogP contribution is 2.22. The number of carbonyl (C=O) groups excluding carboxylic acids is 1. The van der Waals surface area contributed by atoms with E-state index < -0.39 is 4.92 Å². The predicted molar refractivity (Wildman–Crippen MR) is 102 cm³/mol. The SMILES string of the molecule is Cl.O=C(NCCNc1ccccc1[N+](=O)[O-])c1cn(C2CCNCC2)nn1. The summed E-state index contributed by atoms with van der Waals surface area (Å²) in [6, 6.07) is 6.65. The fourth-order valence-corrected chi connectivity index (χ4v) is 2.88. The highest BCUT2D eigenvalue weighted by atomic mass is 35.5. The maximum absolute atomic E-state index is 12.2. The summed E-state index contributed by atoms with van der Waals surface area (Å²) in [6.45, 7) is 2.54. The Morgan fingerprint density at radius 1 is 1.30 bits per heavy atom. The first-order valence-corrected chi connectivity index (χ1v) is 8.53. The molecule has 0 unspecified atom stereocenters. The number of piperidine rings is 1. The first-order chi connectivity index (χ1) is 12.6. The maximum atomic E-state index is 12.2. The molecule has 146 valence electrons. The molecule has 2 heterocycles. The molecule has 0 radical (unpaired) electrons. The van der Waals surface area contributed by atoms with E-state index in [-0.39, 0.29) is 35.7 Å². The van der Waals surface area contributed by atoms with Gasteiger partial charge < -0.3 is 16.0 Å². The van der Waals surface area contributed by atoms with Crippen LogP contribution in [-0.2, 0) is 0 Å². The summed E-state index contributed by atoms with van der Waals surface area (Å²) >= 11 is 0. The molecule has 1 aromatic carbocycles. The van der Waals surface area contributed by atoms with Crippen LogP contribution in [0.5, 0.6) is 0 Å². The lowest BCUT2D eigenvalue weighted by atomic mass is 10.1. The lowest BCUT2D eigenvalue weighted by Gasteiger charge is -2.22. The van der Waals surface area contributed by atoms with Crippen LogP contribution in [0, 0.1) is 10.1 Å². The van der Waals surface area contributed by atoms with Crippen LogP contribution in [0.1, 0.15) is 29.4 Å². The van der Waals surface area contributed by atoms with Gasteiger partial charge in [0.25, 0.3) is 11.6 Å². The number of nitro benzene ring substituents is 1. The van der Waals surface area contributed by atoms with Crippen LogP contribution in [0.4, 0.5) is 11.4 Å². The number of halogens is 1. The van der Waals surface area contributed by atoms with Crippen LogP contribution in [0.15, 0.2) is 30.5 Å². The van der Waals surface area contributed by atoms with Gasteiger partial charge in [-0.25, -0.2) is 4.68 Å². The zero-order chi connectivity index (χ0) is 18.4. The number of rotatable bonds is 7. The number of anilines is 1. The molecule has 1 aliphatic heterocycles. The van der Waals surface area contributed by atoms with Gasteiger partial charge in [0.2, 0.25) is 0 Å². The maximum Gasteiger partial charge on any atom is 0.292 e. The van der Waals surface area contributed by atoms with Gasteiger partial charge in [0.15, 0.2) is 5.69 Å². The highest BCUT2D eigenvalue weighted by Gasteiger charge is 2.18. The first kappa shape index (κ1) is 20.6. The van der Waals surface area contributed by atoms with Gasteiger partial charge in [-0.3, -0.25) is 14.9 Å². The molecule has 0 spiro atoms. The van der Waals surface area contributed by atoms with Crippen LogP contribution in [0.3, 0.4) is 0 Å². The van der Waals surface area contributed by atoms with Crippen molar-refractivity contribution in [2.24, 2.45) is 0 Å². The van der Waals surface area contributed by atoms with Crippen molar-refractivity contribution in [3.05, 3.63) is 46.3 Å². The van der Waals surface area contributed by atoms with Gasteiger partial charge in [-0.1, -0.05) is 17.3 Å². The summed E-state index contributed by atoms with van der Waals surface area (Å²) in [6.07, 6.45) is 3.59. The van der Waals surface area contributed by atoms with Gasteiger partial charge >= 0.3 is 0 Å². The van der Waals surface area contributed by atoms with Crippen LogP contribution < -0.4 is 16.0 Å². The van der Waals surface area contributed by atoms with E-state index in [0.29, 0.717) is 18.8 Å². The molecule has 0 saturated carbocycles. The van der Waals surface area contributed by atoms with Crippen molar-refractivity contribution < 1.29 is 9.72 Å². The smallest absolute Gasteiger partial charge is 0.292 e. The van der Waals surface area contributed by atoms with E-state index in [1.54, 1.807) is 29.1 Å². The Morgan fingerprint density at radius 2 is 2.04 bits per heavy atom. The molecule has 1 aromatic heterocycles. The number of carbonyl (C=O) groups is 1. The number of hydrogen-bond donors (Lipinski definition) is 3. The van der Waals surface area contributed by atoms with Gasteiger partial charge in [-0.05, 0) is 32.0 Å². The van der Waals surface area contributed by atoms with Crippen molar-refractivity contribution >= 4 is 29.7 Å². The molecule has 27 heavy (non-hydrogen) atoms. The number of nitro groups is 1. The Hall–Kier alpha value is -2.72. The van der Waals surface area contributed by atoms with E-state index >= 15 is 0 Å². The van der Waals surface area contributed by atoms with Crippen molar-refractivity contribution in [3.8, 4) is 0 Å². The zero-order valence-corrected chi connectivity index (χ0v) is 15.4. The van der Waals surface area contributed by atoms with E-state index in [1.807, 2.05) is 0 Å². The van der Waals surface area contributed by atoms with Crippen molar-refractivity contribution in [2.45, 2.75) is 18.9 Å². The summed E-state index contributed by atoms with van der Waals surface area (Å²) in [5, 5.41) is 27.9. The molecule has 0 bridgehead atoms. The molecule has 1 amide bonds. The molecular formula is C16H22ClN7O3. The second-order valence-corrected chi connectivity index (χ2v) is 6.02. The summed E-state index contributed by atoms with van der Waals surface area (Å²) < 4.78 is 1.75. The molecule has 1 fully saturated rings. The minimum Gasteiger partial charge on any atom is -0.378 e.